The molecule has 0 radical (unpaired) electrons. The van der Waals surface area contributed by atoms with E-state index in [1.807, 2.05) is 0 Å². The second-order valence-electron chi connectivity index (χ2n) is 3.66. The Balaban J connectivity index is 2.65. The Hall–Kier alpha value is -2.08. The molecule has 2 rings (SSSR count). The molecule has 7 heteroatoms. The van der Waals surface area contributed by atoms with E-state index in [-0.39, 0.29) is 22.1 Å². The van der Waals surface area contributed by atoms with Gasteiger partial charge in [0.05, 0.1) is 16.4 Å². The van der Waals surface area contributed by atoms with Crippen molar-refractivity contribution in [1.82, 2.24) is 9.78 Å². The van der Waals surface area contributed by atoms with Crippen molar-refractivity contribution in [1.29, 1.82) is 0 Å². The van der Waals surface area contributed by atoms with Crippen LogP contribution in [0.25, 0.3) is 5.69 Å². The van der Waals surface area contributed by atoms with E-state index in [9.17, 15) is 9.18 Å². The van der Waals surface area contributed by atoms with Crippen molar-refractivity contribution in [2.24, 2.45) is 0 Å². The number of carbonyl (C=O) groups is 1. The lowest BCUT2D eigenvalue weighted by Crippen LogP contribution is -2.06. The summed E-state index contributed by atoms with van der Waals surface area (Å²) in [5, 5.41) is 13.1. The lowest BCUT2D eigenvalue weighted by molar-refractivity contribution is 0.0697. The molecule has 0 amide bonds. The Labute approximate surface area is 107 Å². The number of nitrogen functional groups attached to an aromatic ring is 1. The highest BCUT2D eigenvalue weighted by molar-refractivity contribution is 6.32. The van der Waals surface area contributed by atoms with E-state index >= 15 is 0 Å². The van der Waals surface area contributed by atoms with Crippen molar-refractivity contribution in [2.45, 2.75) is 6.92 Å². The molecular formula is C11H9ClFN3O2. The molecule has 94 valence electrons. The lowest BCUT2D eigenvalue weighted by atomic mass is 10.2. The largest absolute Gasteiger partial charge is 0.477 e. The van der Waals surface area contributed by atoms with Gasteiger partial charge in [-0.2, -0.15) is 5.10 Å². The van der Waals surface area contributed by atoms with Crippen LogP contribution in [0.4, 0.5) is 10.2 Å². The summed E-state index contributed by atoms with van der Waals surface area (Å²) in [5.41, 5.74) is 6.21. The molecule has 1 aromatic heterocycles. The molecule has 0 fully saturated rings. The number of hydrogen-bond donors (Lipinski definition) is 2. The number of carboxylic acids is 1. The lowest BCUT2D eigenvalue weighted by Gasteiger charge is -2.06. The zero-order valence-electron chi connectivity index (χ0n) is 9.32. The molecule has 2 aromatic rings. The van der Waals surface area contributed by atoms with Crippen LogP contribution in [0.15, 0.2) is 18.2 Å². The molecule has 0 aliphatic heterocycles. The highest BCUT2D eigenvalue weighted by atomic mass is 35.5. The van der Waals surface area contributed by atoms with Gasteiger partial charge in [0.1, 0.15) is 17.2 Å². The summed E-state index contributed by atoms with van der Waals surface area (Å²) in [5.74, 6) is -1.72. The first-order valence-corrected chi connectivity index (χ1v) is 5.33. The van der Waals surface area contributed by atoms with Gasteiger partial charge in [0.15, 0.2) is 0 Å². The first-order valence-electron chi connectivity index (χ1n) is 4.95. The molecular weight excluding hydrogens is 261 g/mol. The van der Waals surface area contributed by atoms with E-state index in [0.29, 0.717) is 5.69 Å². The van der Waals surface area contributed by atoms with Crippen molar-refractivity contribution in [3.8, 4) is 5.69 Å². The zero-order chi connectivity index (χ0) is 13.4. The van der Waals surface area contributed by atoms with Crippen molar-refractivity contribution in [3.05, 3.63) is 40.3 Å². The smallest absolute Gasteiger partial charge is 0.341 e. The molecule has 0 aliphatic rings. The molecule has 1 aromatic carbocycles. The Kier molecular flexibility index (Phi) is 2.96. The van der Waals surface area contributed by atoms with Gasteiger partial charge in [-0.25, -0.2) is 13.9 Å². The summed E-state index contributed by atoms with van der Waals surface area (Å²) < 4.78 is 14.1. The normalized spacial score (nSPS) is 10.6. The molecule has 0 spiro atoms. The van der Waals surface area contributed by atoms with Gasteiger partial charge in [-0.1, -0.05) is 11.6 Å². The average Bonchev–Trinajstić information content (AvgIpc) is 2.54. The summed E-state index contributed by atoms with van der Waals surface area (Å²) in [6, 6.07) is 3.68. The molecule has 0 aliphatic carbocycles. The summed E-state index contributed by atoms with van der Waals surface area (Å²) in [6.45, 7) is 1.52. The number of benzene rings is 1. The molecule has 1 heterocycles. The van der Waals surface area contributed by atoms with E-state index < -0.39 is 11.8 Å². The number of aryl methyl sites for hydroxylation is 1. The van der Waals surface area contributed by atoms with Crippen LogP contribution < -0.4 is 5.73 Å². The number of aromatic carboxylic acids is 1. The van der Waals surface area contributed by atoms with Gasteiger partial charge in [0, 0.05) is 0 Å². The Morgan fingerprint density at radius 3 is 2.72 bits per heavy atom. The number of rotatable bonds is 2. The fourth-order valence-electron chi connectivity index (χ4n) is 1.65. The first kappa shape index (κ1) is 12.4. The van der Waals surface area contributed by atoms with Crippen molar-refractivity contribution in [2.75, 3.05) is 5.73 Å². The number of hydrogen-bond acceptors (Lipinski definition) is 3. The summed E-state index contributed by atoms with van der Waals surface area (Å²) in [7, 11) is 0. The van der Waals surface area contributed by atoms with Crippen molar-refractivity contribution >= 4 is 23.4 Å². The molecule has 0 atom stereocenters. The minimum atomic E-state index is -1.17. The second-order valence-corrected chi connectivity index (χ2v) is 4.07. The first-order chi connectivity index (χ1) is 8.41. The summed E-state index contributed by atoms with van der Waals surface area (Å²) in [4.78, 5) is 11.0. The third-order valence-electron chi connectivity index (χ3n) is 2.45. The van der Waals surface area contributed by atoms with E-state index in [2.05, 4.69) is 5.10 Å². The number of carboxylic acid groups (broad SMARTS) is 1. The van der Waals surface area contributed by atoms with E-state index in [4.69, 9.17) is 22.4 Å². The van der Waals surface area contributed by atoms with E-state index in [0.717, 1.165) is 6.07 Å². The molecule has 0 unspecified atom stereocenters. The van der Waals surface area contributed by atoms with Gasteiger partial charge in [0.25, 0.3) is 0 Å². The van der Waals surface area contributed by atoms with Crippen LogP contribution in [0.3, 0.4) is 0 Å². The van der Waals surface area contributed by atoms with Crippen molar-refractivity contribution in [3.63, 3.8) is 0 Å². The molecule has 0 bridgehead atoms. The fraction of sp³-hybridized carbons (Fsp3) is 0.0909. The van der Waals surface area contributed by atoms with Crippen LogP contribution in [0, 0.1) is 12.7 Å². The summed E-state index contributed by atoms with van der Waals surface area (Å²) >= 11 is 5.87. The average molecular weight is 270 g/mol. The maximum atomic E-state index is 12.9. The van der Waals surface area contributed by atoms with E-state index in [1.54, 1.807) is 0 Å². The van der Waals surface area contributed by atoms with Crippen LogP contribution in [0.2, 0.25) is 5.02 Å². The Bertz CT molecular complexity index is 639. The van der Waals surface area contributed by atoms with Gasteiger partial charge in [0.2, 0.25) is 0 Å². The minimum absolute atomic E-state index is 0.0477. The number of aromatic nitrogens is 2. The maximum absolute atomic E-state index is 12.9. The number of anilines is 1. The third kappa shape index (κ3) is 1.91. The highest BCUT2D eigenvalue weighted by Crippen LogP contribution is 2.26. The fourth-order valence-corrected chi connectivity index (χ4v) is 1.89. The molecule has 0 saturated heterocycles. The third-order valence-corrected chi connectivity index (χ3v) is 2.75. The SMILES string of the molecule is Cc1nn(-c2ccc(F)cc2Cl)c(N)c1C(=O)O. The second kappa shape index (κ2) is 4.30. The maximum Gasteiger partial charge on any atom is 0.341 e. The standard InChI is InChI=1S/C11H9ClFN3O2/c1-5-9(11(17)18)10(14)16(15-5)8-3-2-6(13)4-7(8)12/h2-4H,14H2,1H3,(H,17,18). The topological polar surface area (TPSA) is 81.1 Å². The quantitative estimate of drug-likeness (QED) is 0.876. The number of halogens is 2. The zero-order valence-corrected chi connectivity index (χ0v) is 10.1. The van der Waals surface area contributed by atoms with Crippen LogP contribution in [0.1, 0.15) is 16.1 Å². The predicted molar refractivity (Wildman–Crippen MR) is 64.6 cm³/mol. The van der Waals surface area contributed by atoms with Gasteiger partial charge >= 0.3 is 5.97 Å². The number of nitrogens with zero attached hydrogens (tertiary/aromatic N) is 2. The van der Waals surface area contributed by atoms with Gasteiger partial charge in [-0.3, -0.25) is 0 Å². The van der Waals surface area contributed by atoms with Crippen LogP contribution in [0.5, 0.6) is 0 Å². The predicted octanol–water partition coefficient (Wildman–Crippen LogP) is 2.25. The minimum Gasteiger partial charge on any atom is -0.477 e. The molecule has 0 saturated carbocycles. The van der Waals surface area contributed by atoms with Crippen LogP contribution in [-0.2, 0) is 0 Å². The van der Waals surface area contributed by atoms with Gasteiger partial charge in [-0.05, 0) is 25.1 Å². The molecule has 5 nitrogen and oxygen atoms in total. The monoisotopic (exact) mass is 269 g/mol. The van der Waals surface area contributed by atoms with Gasteiger partial charge in [-0.15, -0.1) is 0 Å². The van der Waals surface area contributed by atoms with Crippen LogP contribution >= 0.6 is 11.6 Å². The molecule has 18 heavy (non-hydrogen) atoms. The Morgan fingerprint density at radius 1 is 1.56 bits per heavy atom. The van der Waals surface area contributed by atoms with E-state index in [1.165, 1.54) is 23.7 Å². The Morgan fingerprint density at radius 2 is 2.22 bits per heavy atom. The van der Waals surface area contributed by atoms with Crippen molar-refractivity contribution < 1.29 is 14.3 Å². The van der Waals surface area contributed by atoms with Gasteiger partial charge < -0.3 is 10.8 Å². The van der Waals surface area contributed by atoms with Crippen LogP contribution in [-0.4, -0.2) is 20.9 Å². The highest BCUT2D eigenvalue weighted by Gasteiger charge is 2.20. The summed E-state index contributed by atoms with van der Waals surface area (Å²) in [6.07, 6.45) is 0. The number of nitrogens with two attached hydrogens (primary N) is 1. The molecule has 3 N–H and O–H groups in total.